The van der Waals surface area contributed by atoms with Crippen LogP contribution >= 0.6 is 0 Å². The van der Waals surface area contributed by atoms with E-state index < -0.39 is 5.97 Å². The number of hydrogen-bond acceptors (Lipinski definition) is 7. The van der Waals surface area contributed by atoms with Gasteiger partial charge in [-0.2, -0.15) is 0 Å². The third-order valence-electron chi connectivity index (χ3n) is 5.08. The predicted molar refractivity (Wildman–Crippen MR) is 135 cm³/mol. The molecule has 0 heterocycles. The van der Waals surface area contributed by atoms with Crippen LogP contribution in [0.15, 0.2) is 84.5 Å². The number of rotatable bonds is 12. The predicted octanol–water partition coefficient (Wildman–Crippen LogP) is 5.82. The largest absolute Gasteiger partial charge is 0.497 e. The molecule has 182 valence electrons. The van der Waals surface area contributed by atoms with E-state index in [-0.39, 0.29) is 0 Å². The second-order valence-electron chi connectivity index (χ2n) is 7.39. The van der Waals surface area contributed by atoms with Gasteiger partial charge in [-0.15, -0.1) is 0 Å². The minimum Gasteiger partial charge on any atom is -0.497 e. The molecule has 3 rings (SSSR count). The maximum atomic E-state index is 12.5. The molecule has 0 aliphatic rings. The molecule has 0 saturated heterocycles. The molecule has 0 aromatic heterocycles. The summed E-state index contributed by atoms with van der Waals surface area (Å²) in [6.45, 7) is 6.32. The molecule has 0 saturated carbocycles. The molecule has 0 amide bonds. The van der Waals surface area contributed by atoms with E-state index >= 15 is 0 Å². The molecule has 0 spiro atoms. The maximum Gasteiger partial charge on any atom is 0.365 e. The number of carbonyl (C=O) groups is 1. The van der Waals surface area contributed by atoms with E-state index in [0.717, 1.165) is 22.6 Å². The molecule has 3 aromatic carbocycles. The van der Waals surface area contributed by atoms with Crippen molar-refractivity contribution in [1.82, 2.24) is 0 Å². The van der Waals surface area contributed by atoms with Crippen molar-refractivity contribution in [1.29, 1.82) is 0 Å². The molecule has 7 nitrogen and oxygen atoms in total. The second-order valence-corrected chi connectivity index (χ2v) is 7.39. The van der Waals surface area contributed by atoms with Gasteiger partial charge in [-0.25, -0.2) is 4.79 Å². The summed E-state index contributed by atoms with van der Waals surface area (Å²) in [6, 6.07) is 19.7. The molecule has 0 aliphatic carbocycles. The molecule has 0 radical (unpaired) electrons. The number of oxime groups is 1. The van der Waals surface area contributed by atoms with Crippen molar-refractivity contribution in [2.45, 2.75) is 20.0 Å². The van der Waals surface area contributed by atoms with Crippen LogP contribution in [0.25, 0.3) is 0 Å². The lowest BCUT2D eigenvalue weighted by Gasteiger charge is -2.12. The van der Waals surface area contributed by atoms with Crippen molar-refractivity contribution >= 4 is 11.7 Å². The lowest BCUT2D eigenvalue weighted by atomic mass is 10.1. The van der Waals surface area contributed by atoms with Crippen LogP contribution in [-0.2, 0) is 11.4 Å². The molecular formula is C28H29NO6. The van der Waals surface area contributed by atoms with Gasteiger partial charge in [0.2, 0.25) is 0 Å². The van der Waals surface area contributed by atoms with E-state index in [2.05, 4.69) is 11.7 Å². The minimum atomic E-state index is -0.552. The first-order valence-electron chi connectivity index (χ1n) is 11.1. The zero-order valence-electron chi connectivity index (χ0n) is 20.2. The molecule has 0 bridgehead atoms. The number of methoxy groups -OCH3 is 2. The fourth-order valence-corrected chi connectivity index (χ4v) is 3.18. The van der Waals surface area contributed by atoms with Crippen LogP contribution in [0.4, 0.5) is 0 Å². The van der Waals surface area contributed by atoms with Gasteiger partial charge in [0.15, 0.2) is 0 Å². The molecule has 3 aromatic rings. The molecule has 0 fully saturated rings. The molecular weight excluding hydrogens is 446 g/mol. The van der Waals surface area contributed by atoms with Crippen LogP contribution in [0.2, 0.25) is 0 Å². The SMILES string of the molecule is C=CCOc1ccc(C(CC)=NOC(=O)c2ccc(COc3ccc(OC)cc3)cc2)c(OC)c1. The summed E-state index contributed by atoms with van der Waals surface area (Å²) in [5.41, 5.74) is 2.60. The van der Waals surface area contributed by atoms with Gasteiger partial charge in [-0.05, 0) is 60.5 Å². The first kappa shape index (κ1) is 25.4. The van der Waals surface area contributed by atoms with Gasteiger partial charge in [0.1, 0.15) is 36.2 Å². The fourth-order valence-electron chi connectivity index (χ4n) is 3.18. The van der Waals surface area contributed by atoms with E-state index in [1.54, 1.807) is 44.6 Å². The summed E-state index contributed by atoms with van der Waals surface area (Å²) in [7, 11) is 3.18. The quantitative estimate of drug-likeness (QED) is 0.142. The van der Waals surface area contributed by atoms with Crippen LogP contribution < -0.4 is 18.9 Å². The molecule has 0 N–H and O–H groups in total. The second kappa shape index (κ2) is 12.8. The molecule has 7 heteroatoms. The summed E-state index contributed by atoms with van der Waals surface area (Å²) >= 11 is 0. The summed E-state index contributed by atoms with van der Waals surface area (Å²) in [5, 5.41) is 4.10. The summed E-state index contributed by atoms with van der Waals surface area (Å²) in [5.74, 6) is 2.16. The Morgan fingerprint density at radius 3 is 2.20 bits per heavy atom. The van der Waals surface area contributed by atoms with Crippen LogP contribution in [0.1, 0.15) is 34.8 Å². The zero-order chi connectivity index (χ0) is 25.0. The summed E-state index contributed by atoms with van der Waals surface area (Å²) in [4.78, 5) is 17.8. The summed E-state index contributed by atoms with van der Waals surface area (Å²) in [6.07, 6.45) is 2.21. The van der Waals surface area contributed by atoms with Crippen molar-refractivity contribution in [3.63, 3.8) is 0 Å². The van der Waals surface area contributed by atoms with E-state index in [1.165, 1.54) is 0 Å². The molecule has 0 unspecified atom stereocenters. The van der Waals surface area contributed by atoms with Gasteiger partial charge in [0, 0.05) is 11.6 Å². The Bertz CT molecular complexity index is 1150. The molecule has 0 atom stereocenters. The zero-order valence-corrected chi connectivity index (χ0v) is 20.2. The highest BCUT2D eigenvalue weighted by Crippen LogP contribution is 2.26. The topological polar surface area (TPSA) is 75.6 Å². The number of carbonyl (C=O) groups excluding carboxylic acids is 1. The fraction of sp³-hybridized carbons (Fsp3) is 0.214. The van der Waals surface area contributed by atoms with Gasteiger partial charge >= 0.3 is 5.97 Å². The average Bonchev–Trinajstić information content (AvgIpc) is 2.91. The van der Waals surface area contributed by atoms with Crippen molar-refractivity contribution in [3.05, 3.63) is 96.1 Å². The van der Waals surface area contributed by atoms with Crippen molar-refractivity contribution < 1.29 is 28.6 Å². The maximum absolute atomic E-state index is 12.5. The normalized spacial score (nSPS) is 10.9. The van der Waals surface area contributed by atoms with Crippen LogP contribution in [0.5, 0.6) is 23.0 Å². The van der Waals surface area contributed by atoms with Crippen molar-refractivity contribution in [3.8, 4) is 23.0 Å². The lowest BCUT2D eigenvalue weighted by molar-refractivity contribution is 0.0515. The smallest absolute Gasteiger partial charge is 0.365 e. The van der Waals surface area contributed by atoms with Crippen molar-refractivity contribution in [2.24, 2.45) is 5.16 Å². The number of hydrogen-bond donors (Lipinski definition) is 0. The van der Waals surface area contributed by atoms with Crippen LogP contribution in [0, 0.1) is 0 Å². The van der Waals surface area contributed by atoms with E-state index in [1.807, 2.05) is 49.4 Å². The first-order chi connectivity index (χ1) is 17.1. The van der Waals surface area contributed by atoms with Crippen LogP contribution in [0.3, 0.4) is 0 Å². The van der Waals surface area contributed by atoms with Crippen molar-refractivity contribution in [2.75, 3.05) is 20.8 Å². The third kappa shape index (κ3) is 7.11. The standard InChI is InChI=1S/C28H29NO6/c1-5-17-33-24-15-16-25(27(18-24)32-4)26(6-2)29-35-28(30)21-9-7-20(8-10-21)19-34-23-13-11-22(31-3)12-14-23/h5,7-16,18H,1,6,17,19H2,2-4H3. The Hall–Kier alpha value is -4.26. The monoisotopic (exact) mass is 475 g/mol. The van der Waals surface area contributed by atoms with Gasteiger partial charge in [0.05, 0.1) is 25.5 Å². The van der Waals surface area contributed by atoms with Gasteiger partial charge in [-0.1, -0.05) is 36.9 Å². The highest BCUT2D eigenvalue weighted by Gasteiger charge is 2.13. The van der Waals surface area contributed by atoms with Gasteiger partial charge in [0.25, 0.3) is 0 Å². The average molecular weight is 476 g/mol. The third-order valence-corrected chi connectivity index (χ3v) is 5.08. The van der Waals surface area contributed by atoms with E-state index in [0.29, 0.717) is 42.4 Å². The van der Waals surface area contributed by atoms with Gasteiger partial charge in [-0.3, -0.25) is 0 Å². The Labute approximate surface area is 205 Å². The van der Waals surface area contributed by atoms with E-state index in [4.69, 9.17) is 23.8 Å². The highest BCUT2D eigenvalue weighted by atomic mass is 16.7. The Kier molecular flexibility index (Phi) is 9.31. The molecule has 0 aliphatic heterocycles. The number of benzene rings is 3. The first-order valence-corrected chi connectivity index (χ1v) is 11.1. The lowest BCUT2D eigenvalue weighted by Crippen LogP contribution is -2.07. The number of nitrogens with zero attached hydrogens (tertiary/aromatic N) is 1. The highest BCUT2D eigenvalue weighted by molar-refractivity contribution is 6.03. The van der Waals surface area contributed by atoms with Gasteiger partial charge < -0.3 is 23.8 Å². The molecule has 35 heavy (non-hydrogen) atoms. The Morgan fingerprint density at radius 1 is 0.886 bits per heavy atom. The Morgan fingerprint density at radius 2 is 1.57 bits per heavy atom. The number of ether oxygens (including phenoxy) is 4. The minimum absolute atomic E-state index is 0.367. The Balaban J connectivity index is 1.62. The van der Waals surface area contributed by atoms with Crippen LogP contribution in [-0.4, -0.2) is 32.5 Å². The van der Waals surface area contributed by atoms with E-state index in [9.17, 15) is 4.79 Å². The summed E-state index contributed by atoms with van der Waals surface area (Å²) < 4.78 is 21.9.